The summed E-state index contributed by atoms with van der Waals surface area (Å²) in [5, 5.41) is 2.67. The Morgan fingerprint density at radius 2 is 2.36 bits per heavy atom. The van der Waals surface area contributed by atoms with Gasteiger partial charge in [-0.05, 0) is 12.3 Å². The second kappa shape index (κ2) is 3.17. The molecule has 0 radical (unpaired) electrons. The van der Waals surface area contributed by atoms with Crippen molar-refractivity contribution < 1.29 is 4.79 Å². The molecule has 1 rings (SSSR count). The molecule has 0 saturated heterocycles. The molecule has 3 N–H and O–H groups in total. The maximum atomic E-state index is 11.1. The third-order valence-corrected chi connectivity index (χ3v) is 2.03. The smallest absolute Gasteiger partial charge is 0.223 e. The van der Waals surface area contributed by atoms with E-state index >= 15 is 0 Å². The summed E-state index contributed by atoms with van der Waals surface area (Å²) in [5.74, 6) is 0.844. The van der Waals surface area contributed by atoms with Crippen LogP contribution >= 0.6 is 12.2 Å². The van der Waals surface area contributed by atoms with Crippen molar-refractivity contribution >= 4 is 23.1 Å². The average molecular weight is 172 g/mol. The lowest BCUT2D eigenvalue weighted by molar-refractivity contribution is -0.122. The maximum Gasteiger partial charge on any atom is 0.223 e. The van der Waals surface area contributed by atoms with Crippen LogP contribution in [0.5, 0.6) is 0 Å². The summed E-state index contributed by atoms with van der Waals surface area (Å²) in [6, 6.07) is 0. The van der Waals surface area contributed by atoms with Crippen LogP contribution in [0.2, 0.25) is 0 Å². The van der Waals surface area contributed by atoms with Crippen LogP contribution in [0.1, 0.15) is 13.3 Å². The molecular weight excluding hydrogens is 160 g/mol. The second-order valence-corrected chi connectivity index (χ2v) is 3.53. The highest BCUT2D eigenvalue weighted by atomic mass is 32.1. The van der Waals surface area contributed by atoms with Crippen LogP contribution in [0.25, 0.3) is 0 Å². The lowest BCUT2D eigenvalue weighted by Crippen LogP contribution is -2.33. The van der Waals surface area contributed by atoms with Crippen LogP contribution in [0, 0.1) is 11.8 Å². The highest BCUT2D eigenvalue weighted by Crippen LogP contribution is 2.37. The van der Waals surface area contributed by atoms with Crippen LogP contribution in [0.15, 0.2) is 0 Å². The maximum absolute atomic E-state index is 11.1. The Hall–Kier alpha value is -0.640. The zero-order chi connectivity index (χ0) is 8.43. The first-order chi connectivity index (χ1) is 5.11. The van der Waals surface area contributed by atoms with E-state index in [1.807, 2.05) is 0 Å². The minimum Gasteiger partial charge on any atom is -0.392 e. The van der Waals surface area contributed by atoms with E-state index in [0.29, 0.717) is 17.5 Å². The molecule has 3 nitrogen and oxygen atoms in total. The Morgan fingerprint density at radius 1 is 1.82 bits per heavy atom. The number of amides is 1. The van der Waals surface area contributed by atoms with Crippen LogP contribution in [0.3, 0.4) is 0 Å². The fourth-order valence-corrected chi connectivity index (χ4v) is 1.06. The summed E-state index contributed by atoms with van der Waals surface area (Å²) in [7, 11) is 0. The van der Waals surface area contributed by atoms with E-state index in [1.165, 1.54) is 0 Å². The summed E-state index contributed by atoms with van der Waals surface area (Å²) in [4.78, 5) is 11.4. The number of hydrogen-bond acceptors (Lipinski definition) is 2. The Kier molecular flexibility index (Phi) is 2.44. The zero-order valence-electron chi connectivity index (χ0n) is 6.46. The van der Waals surface area contributed by atoms with Gasteiger partial charge in [0.1, 0.15) is 0 Å². The van der Waals surface area contributed by atoms with Crippen LogP contribution in [0.4, 0.5) is 0 Å². The van der Waals surface area contributed by atoms with Crippen molar-refractivity contribution in [2.45, 2.75) is 13.3 Å². The predicted molar refractivity (Wildman–Crippen MR) is 47.1 cm³/mol. The predicted octanol–water partition coefficient (Wildman–Crippen LogP) is 0.0447. The Morgan fingerprint density at radius 3 is 2.73 bits per heavy atom. The summed E-state index contributed by atoms with van der Waals surface area (Å²) in [5.41, 5.74) is 5.21. The minimum absolute atomic E-state index is 0.0882. The van der Waals surface area contributed by atoms with Gasteiger partial charge in [0.05, 0.1) is 11.5 Å². The number of hydrogen-bond donors (Lipinski definition) is 2. The van der Waals surface area contributed by atoms with Gasteiger partial charge in [-0.3, -0.25) is 4.79 Å². The van der Waals surface area contributed by atoms with Crippen LogP contribution in [-0.2, 0) is 4.79 Å². The number of carbonyl (C=O) groups excluding carboxylic acids is 1. The molecule has 62 valence electrons. The molecule has 0 aromatic heterocycles. The SMILES string of the molecule is CC1CC1C(=O)NCC(N)=S. The molecule has 0 bridgehead atoms. The first-order valence-corrected chi connectivity index (χ1v) is 4.08. The van der Waals surface area contributed by atoms with Crippen molar-refractivity contribution in [3.63, 3.8) is 0 Å². The van der Waals surface area contributed by atoms with E-state index in [9.17, 15) is 4.79 Å². The van der Waals surface area contributed by atoms with Gasteiger partial charge >= 0.3 is 0 Å². The number of nitrogens with one attached hydrogen (secondary N) is 1. The van der Waals surface area contributed by atoms with Gasteiger partial charge in [-0.25, -0.2) is 0 Å². The molecule has 1 amide bonds. The third-order valence-electron chi connectivity index (χ3n) is 1.88. The molecule has 1 fully saturated rings. The minimum atomic E-state index is 0.0882. The van der Waals surface area contributed by atoms with E-state index in [4.69, 9.17) is 5.73 Å². The van der Waals surface area contributed by atoms with Gasteiger partial charge < -0.3 is 11.1 Å². The fraction of sp³-hybridized carbons (Fsp3) is 0.714. The van der Waals surface area contributed by atoms with E-state index < -0.39 is 0 Å². The Labute approximate surface area is 71.3 Å². The Bertz CT molecular complexity index is 193. The normalized spacial score (nSPS) is 27.7. The van der Waals surface area contributed by atoms with Crippen molar-refractivity contribution in [3.05, 3.63) is 0 Å². The quantitative estimate of drug-likeness (QED) is 0.591. The van der Waals surface area contributed by atoms with Gasteiger partial charge in [0.15, 0.2) is 0 Å². The van der Waals surface area contributed by atoms with Gasteiger partial charge in [0.25, 0.3) is 0 Å². The van der Waals surface area contributed by atoms with Gasteiger partial charge in [-0.15, -0.1) is 0 Å². The molecule has 2 unspecified atom stereocenters. The van der Waals surface area contributed by atoms with Crippen molar-refractivity contribution in [2.24, 2.45) is 17.6 Å². The largest absolute Gasteiger partial charge is 0.392 e. The van der Waals surface area contributed by atoms with Crippen LogP contribution < -0.4 is 11.1 Å². The van der Waals surface area contributed by atoms with Crippen LogP contribution in [-0.4, -0.2) is 17.4 Å². The van der Waals surface area contributed by atoms with Crippen molar-refractivity contribution in [3.8, 4) is 0 Å². The van der Waals surface area contributed by atoms with Crippen molar-refractivity contribution in [1.29, 1.82) is 0 Å². The molecule has 1 saturated carbocycles. The molecule has 2 atom stereocenters. The zero-order valence-corrected chi connectivity index (χ0v) is 7.28. The van der Waals surface area contributed by atoms with Crippen molar-refractivity contribution in [1.82, 2.24) is 5.32 Å². The van der Waals surface area contributed by atoms with Gasteiger partial charge in [0.2, 0.25) is 5.91 Å². The highest BCUT2D eigenvalue weighted by Gasteiger charge is 2.38. The number of rotatable bonds is 3. The number of carbonyl (C=O) groups is 1. The number of thiocarbonyl (C=S) groups is 1. The topological polar surface area (TPSA) is 55.1 Å². The molecule has 4 heteroatoms. The molecule has 0 aliphatic heterocycles. The standard InChI is InChI=1S/C7H12N2OS/c1-4-2-5(4)7(10)9-3-6(8)11/h4-5H,2-3H2,1H3,(H2,8,11)(H,9,10). The molecule has 1 aliphatic rings. The van der Waals surface area contributed by atoms with E-state index in [2.05, 4.69) is 24.5 Å². The Balaban J connectivity index is 2.17. The third kappa shape index (κ3) is 2.46. The van der Waals surface area contributed by atoms with Gasteiger partial charge in [-0.2, -0.15) is 0 Å². The van der Waals surface area contributed by atoms with E-state index in [1.54, 1.807) is 0 Å². The number of nitrogens with two attached hydrogens (primary N) is 1. The molecule has 0 heterocycles. The summed E-state index contributed by atoms with van der Waals surface area (Å²) in [6.45, 7) is 2.39. The second-order valence-electron chi connectivity index (χ2n) is 3.00. The fourth-order valence-electron chi connectivity index (χ4n) is 0.993. The summed E-state index contributed by atoms with van der Waals surface area (Å²) < 4.78 is 0. The van der Waals surface area contributed by atoms with Gasteiger partial charge in [0, 0.05) is 5.92 Å². The molecule has 0 aromatic carbocycles. The first-order valence-electron chi connectivity index (χ1n) is 3.67. The van der Waals surface area contributed by atoms with E-state index in [-0.39, 0.29) is 11.8 Å². The molecule has 1 aliphatic carbocycles. The first kappa shape index (κ1) is 8.46. The average Bonchev–Trinajstić information content (AvgIpc) is 2.61. The van der Waals surface area contributed by atoms with Gasteiger partial charge in [-0.1, -0.05) is 19.1 Å². The van der Waals surface area contributed by atoms with Crippen molar-refractivity contribution in [2.75, 3.05) is 6.54 Å². The monoisotopic (exact) mass is 172 g/mol. The molecule has 0 spiro atoms. The summed E-state index contributed by atoms with van der Waals surface area (Å²) >= 11 is 4.61. The molecule has 11 heavy (non-hydrogen) atoms. The van der Waals surface area contributed by atoms with E-state index in [0.717, 1.165) is 6.42 Å². The molecular formula is C7H12N2OS. The lowest BCUT2D eigenvalue weighted by Gasteiger charge is -2.01. The highest BCUT2D eigenvalue weighted by molar-refractivity contribution is 7.80. The molecule has 0 aromatic rings. The lowest BCUT2D eigenvalue weighted by atomic mass is 10.3. The summed E-state index contributed by atoms with van der Waals surface area (Å²) in [6.07, 6.45) is 1.00.